The number of carbonyl (C=O) groups is 1. The Morgan fingerprint density at radius 2 is 2.13 bits per heavy atom. The van der Waals surface area contributed by atoms with Gasteiger partial charge in [0.1, 0.15) is 5.75 Å². The number of nitrogens with zero attached hydrogens (tertiary/aromatic N) is 1. The zero-order valence-electron chi connectivity index (χ0n) is 8.93. The molecule has 4 heteroatoms. The highest BCUT2D eigenvalue weighted by Crippen LogP contribution is 2.17. The molecule has 15 heavy (non-hydrogen) atoms. The van der Waals surface area contributed by atoms with E-state index in [-0.39, 0.29) is 11.7 Å². The average Bonchev–Trinajstić information content (AvgIpc) is 2.26. The number of benzene rings is 1. The fourth-order valence-electron chi connectivity index (χ4n) is 1.22. The standard InChI is InChI=1S/C11H15NO3/c1-12(15-2)11(14)8-7-9-5-3-4-6-10(9)13/h3-6,13H,7-8H2,1-2H3. The number of hydrogen-bond donors (Lipinski definition) is 1. The van der Waals surface area contributed by atoms with Crippen LogP contribution in [0.1, 0.15) is 12.0 Å². The zero-order chi connectivity index (χ0) is 11.3. The van der Waals surface area contributed by atoms with Gasteiger partial charge >= 0.3 is 0 Å². The molecule has 0 aromatic heterocycles. The van der Waals surface area contributed by atoms with Crippen molar-refractivity contribution in [3.8, 4) is 5.75 Å². The number of hydroxylamine groups is 2. The van der Waals surface area contributed by atoms with Crippen LogP contribution in [0.3, 0.4) is 0 Å². The number of aromatic hydroxyl groups is 1. The van der Waals surface area contributed by atoms with E-state index in [1.807, 2.05) is 6.07 Å². The molecule has 0 aliphatic heterocycles. The van der Waals surface area contributed by atoms with E-state index >= 15 is 0 Å². The van der Waals surface area contributed by atoms with Gasteiger partial charge in [0.15, 0.2) is 0 Å². The first-order chi connectivity index (χ1) is 7.15. The predicted octanol–water partition coefficient (Wildman–Crippen LogP) is 1.34. The summed E-state index contributed by atoms with van der Waals surface area (Å²) in [5, 5.41) is 10.6. The predicted molar refractivity (Wildman–Crippen MR) is 56.2 cm³/mol. The summed E-state index contributed by atoms with van der Waals surface area (Å²) in [5.41, 5.74) is 0.773. The monoisotopic (exact) mass is 209 g/mol. The highest BCUT2D eigenvalue weighted by Gasteiger charge is 2.09. The Balaban J connectivity index is 2.51. The molecular formula is C11H15NO3. The Bertz CT molecular complexity index is 338. The van der Waals surface area contributed by atoms with Gasteiger partial charge in [0.25, 0.3) is 0 Å². The second-order valence-electron chi connectivity index (χ2n) is 3.20. The molecule has 4 nitrogen and oxygen atoms in total. The molecule has 0 heterocycles. The number of phenols is 1. The number of hydrogen-bond acceptors (Lipinski definition) is 3. The van der Waals surface area contributed by atoms with E-state index in [9.17, 15) is 9.90 Å². The number of para-hydroxylation sites is 1. The van der Waals surface area contributed by atoms with Crippen molar-refractivity contribution >= 4 is 5.91 Å². The highest BCUT2D eigenvalue weighted by atomic mass is 16.7. The molecule has 0 saturated carbocycles. The van der Waals surface area contributed by atoms with Crippen molar-refractivity contribution in [1.82, 2.24) is 5.06 Å². The third kappa shape index (κ3) is 3.25. The van der Waals surface area contributed by atoms with Gasteiger partial charge in [0.2, 0.25) is 5.91 Å². The molecule has 82 valence electrons. The molecule has 0 aliphatic carbocycles. The van der Waals surface area contributed by atoms with Crippen LogP contribution in [0.2, 0.25) is 0 Å². The van der Waals surface area contributed by atoms with Crippen molar-refractivity contribution in [2.24, 2.45) is 0 Å². The quantitative estimate of drug-likeness (QED) is 0.761. The van der Waals surface area contributed by atoms with Crippen LogP contribution in [0, 0.1) is 0 Å². The summed E-state index contributed by atoms with van der Waals surface area (Å²) in [4.78, 5) is 16.1. The molecule has 0 saturated heterocycles. The van der Waals surface area contributed by atoms with E-state index in [1.54, 1.807) is 25.2 Å². The third-order valence-corrected chi connectivity index (χ3v) is 2.22. The van der Waals surface area contributed by atoms with Gasteiger partial charge in [-0.2, -0.15) is 0 Å². The molecule has 1 aromatic rings. The molecule has 0 radical (unpaired) electrons. The van der Waals surface area contributed by atoms with Crippen LogP contribution in [0.5, 0.6) is 5.75 Å². The van der Waals surface area contributed by atoms with E-state index in [2.05, 4.69) is 0 Å². The van der Waals surface area contributed by atoms with Crippen LogP contribution in [0.4, 0.5) is 0 Å². The van der Waals surface area contributed by atoms with Crippen LogP contribution in [0.15, 0.2) is 24.3 Å². The van der Waals surface area contributed by atoms with E-state index in [0.29, 0.717) is 12.8 Å². The Kier molecular flexibility index (Phi) is 4.12. The Hall–Kier alpha value is -1.55. The average molecular weight is 209 g/mol. The lowest BCUT2D eigenvalue weighted by atomic mass is 10.1. The topological polar surface area (TPSA) is 49.8 Å². The van der Waals surface area contributed by atoms with Gasteiger partial charge in [-0.25, -0.2) is 5.06 Å². The smallest absolute Gasteiger partial charge is 0.246 e. The van der Waals surface area contributed by atoms with Crippen LogP contribution in [-0.4, -0.2) is 30.2 Å². The minimum Gasteiger partial charge on any atom is -0.508 e. The molecule has 1 amide bonds. The van der Waals surface area contributed by atoms with Crippen molar-refractivity contribution in [2.45, 2.75) is 12.8 Å². The summed E-state index contributed by atoms with van der Waals surface area (Å²) in [7, 11) is 3.01. The summed E-state index contributed by atoms with van der Waals surface area (Å²) in [6, 6.07) is 7.00. The lowest BCUT2D eigenvalue weighted by Crippen LogP contribution is -2.25. The van der Waals surface area contributed by atoms with E-state index < -0.39 is 0 Å². The molecule has 0 spiro atoms. The van der Waals surface area contributed by atoms with Gasteiger partial charge < -0.3 is 5.11 Å². The molecule has 1 N–H and O–H groups in total. The summed E-state index contributed by atoms with van der Waals surface area (Å²) >= 11 is 0. The van der Waals surface area contributed by atoms with Gasteiger partial charge in [-0.1, -0.05) is 18.2 Å². The van der Waals surface area contributed by atoms with Crippen molar-refractivity contribution in [1.29, 1.82) is 0 Å². The van der Waals surface area contributed by atoms with E-state index in [1.165, 1.54) is 12.2 Å². The molecule has 0 bridgehead atoms. The van der Waals surface area contributed by atoms with Crippen LogP contribution in [0.25, 0.3) is 0 Å². The number of rotatable bonds is 4. The second-order valence-corrected chi connectivity index (χ2v) is 3.20. The first-order valence-electron chi connectivity index (χ1n) is 4.72. The Labute approximate surface area is 89.0 Å². The molecular weight excluding hydrogens is 194 g/mol. The molecule has 1 rings (SSSR count). The first-order valence-corrected chi connectivity index (χ1v) is 4.72. The van der Waals surface area contributed by atoms with Crippen LogP contribution in [-0.2, 0) is 16.1 Å². The lowest BCUT2D eigenvalue weighted by molar-refractivity contribution is -0.168. The second kappa shape index (κ2) is 5.36. The van der Waals surface area contributed by atoms with Crippen molar-refractivity contribution in [2.75, 3.05) is 14.2 Å². The maximum atomic E-state index is 11.4. The van der Waals surface area contributed by atoms with Gasteiger partial charge in [-0.15, -0.1) is 0 Å². The van der Waals surface area contributed by atoms with E-state index in [0.717, 1.165) is 5.56 Å². The molecule has 0 unspecified atom stereocenters. The first kappa shape index (κ1) is 11.5. The largest absolute Gasteiger partial charge is 0.508 e. The Morgan fingerprint density at radius 3 is 2.73 bits per heavy atom. The maximum absolute atomic E-state index is 11.4. The van der Waals surface area contributed by atoms with Gasteiger partial charge in [0.05, 0.1) is 7.11 Å². The number of aryl methyl sites for hydroxylation is 1. The van der Waals surface area contributed by atoms with E-state index in [4.69, 9.17) is 4.84 Å². The molecule has 0 aliphatic rings. The van der Waals surface area contributed by atoms with Gasteiger partial charge in [0, 0.05) is 13.5 Å². The normalized spacial score (nSPS) is 10.0. The molecule has 0 fully saturated rings. The fourth-order valence-corrected chi connectivity index (χ4v) is 1.22. The minimum atomic E-state index is -0.110. The summed E-state index contributed by atoms with van der Waals surface area (Å²) in [5.74, 6) is 0.117. The van der Waals surface area contributed by atoms with Crippen LogP contribution < -0.4 is 0 Å². The third-order valence-electron chi connectivity index (χ3n) is 2.22. The van der Waals surface area contributed by atoms with Crippen molar-refractivity contribution in [3.05, 3.63) is 29.8 Å². The summed E-state index contributed by atoms with van der Waals surface area (Å²) in [6.45, 7) is 0. The highest BCUT2D eigenvalue weighted by molar-refractivity contribution is 5.75. The number of amides is 1. The van der Waals surface area contributed by atoms with Gasteiger partial charge in [-0.05, 0) is 18.1 Å². The zero-order valence-corrected chi connectivity index (χ0v) is 8.93. The van der Waals surface area contributed by atoms with Crippen molar-refractivity contribution < 1.29 is 14.7 Å². The lowest BCUT2D eigenvalue weighted by Gasteiger charge is -2.13. The SMILES string of the molecule is CON(C)C(=O)CCc1ccccc1O. The molecule has 0 atom stereocenters. The fraction of sp³-hybridized carbons (Fsp3) is 0.364. The molecule has 1 aromatic carbocycles. The number of carbonyl (C=O) groups excluding carboxylic acids is 1. The van der Waals surface area contributed by atoms with Crippen molar-refractivity contribution in [3.63, 3.8) is 0 Å². The Morgan fingerprint density at radius 1 is 1.47 bits per heavy atom. The summed E-state index contributed by atoms with van der Waals surface area (Å²) in [6.07, 6.45) is 0.834. The summed E-state index contributed by atoms with van der Waals surface area (Å²) < 4.78 is 0. The number of phenolic OH excluding ortho intramolecular Hbond substituents is 1. The van der Waals surface area contributed by atoms with Gasteiger partial charge in [-0.3, -0.25) is 9.63 Å². The van der Waals surface area contributed by atoms with Crippen LogP contribution >= 0.6 is 0 Å². The minimum absolute atomic E-state index is 0.110. The maximum Gasteiger partial charge on any atom is 0.246 e.